The zero-order valence-corrected chi connectivity index (χ0v) is 23.3. The normalized spacial score (nSPS) is 19.4. The van der Waals surface area contributed by atoms with Crippen LogP contribution in [0.4, 0.5) is 9.59 Å². The Morgan fingerprint density at radius 3 is 2.05 bits per heavy atom. The maximum Gasteiger partial charge on any atom is 0.413 e. The molecule has 0 aromatic heterocycles. The standard InChI is InChI=1S/C29H39N3O6/c1-27(2,3)37-25(34)30-18-24(33)31-22-17-29(7,32(19-22)26(35)38-28(4,5)6)36-23-15-13-21(14-16-23)20-11-9-8-10-12-20/h8-16,22H,17-19H2,1-7H3,(H,30,34)(H,31,33)/t22-,29+/m0/s1. The molecular formula is C29H39N3O6. The average Bonchev–Trinajstić information content (AvgIpc) is 3.12. The van der Waals surface area contributed by atoms with Crippen LogP contribution in [0.5, 0.6) is 5.75 Å². The van der Waals surface area contributed by atoms with Gasteiger partial charge in [0.2, 0.25) is 5.91 Å². The fraction of sp³-hybridized carbons (Fsp3) is 0.483. The first-order valence-corrected chi connectivity index (χ1v) is 12.7. The van der Waals surface area contributed by atoms with Gasteiger partial charge in [0.15, 0.2) is 5.72 Å². The topological polar surface area (TPSA) is 106 Å². The highest BCUT2D eigenvalue weighted by Crippen LogP contribution is 2.34. The summed E-state index contributed by atoms with van der Waals surface area (Å²) < 4.78 is 17.2. The van der Waals surface area contributed by atoms with E-state index in [4.69, 9.17) is 14.2 Å². The lowest BCUT2D eigenvalue weighted by atomic mass is 10.1. The van der Waals surface area contributed by atoms with Crippen LogP contribution in [-0.4, -0.2) is 59.1 Å². The van der Waals surface area contributed by atoms with Crippen molar-refractivity contribution in [2.75, 3.05) is 13.1 Å². The molecule has 0 unspecified atom stereocenters. The van der Waals surface area contributed by atoms with Crippen molar-refractivity contribution in [2.45, 2.75) is 77.9 Å². The highest BCUT2D eigenvalue weighted by atomic mass is 16.6. The number of carbonyl (C=O) groups excluding carboxylic acids is 3. The number of nitrogens with one attached hydrogen (secondary N) is 2. The molecule has 0 spiro atoms. The summed E-state index contributed by atoms with van der Waals surface area (Å²) in [6.07, 6.45) is -0.892. The minimum absolute atomic E-state index is 0.186. The second kappa shape index (κ2) is 11.3. The predicted molar refractivity (Wildman–Crippen MR) is 145 cm³/mol. The van der Waals surface area contributed by atoms with Crippen LogP contribution in [0.25, 0.3) is 11.1 Å². The highest BCUT2D eigenvalue weighted by Gasteiger charge is 2.48. The number of nitrogens with zero attached hydrogens (tertiary/aromatic N) is 1. The van der Waals surface area contributed by atoms with Gasteiger partial charge in [-0.05, 0) is 71.7 Å². The van der Waals surface area contributed by atoms with Crippen LogP contribution < -0.4 is 15.4 Å². The average molecular weight is 526 g/mol. The Morgan fingerprint density at radius 1 is 0.895 bits per heavy atom. The van der Waals surface area contributed by atoms with E-state index in [9.17, 15) is 14.4 Å². The second-order valence-electron chi connectivity index (χ2n) is 11.6. The van der Waals surface area contributed by atoms with Crippen molar-refractivity contribution in [3.63, 3.8) is 0 Å². The van der Waals surface area contributed by atoms with Crippen LogP contribution in [0.3, 0.4) is 0 Å². The highest BCUT2D eigenvalue weighted by molar-refractivity contribution is 5.82. The van der Waals surface area contributed by atoms with Crippen LogP contribution in [0, 0.1) is 0 Å². The second-order valence-corrected chi connectivity index (χ2v) is 11.6. The van der Waals surface area contributed by atoms with Crippen LogP contribution in [-0.2, 0) is 14.3 Å². The molecular weight excluding hydrogens is 486 g/mol. The van der Waals surface area contributed by atoms with E-state index in [2.05, 4.69) is 10.6 Å². The quantitative estimate of drug-likeness (QED) is 0.544. The van der Waals surface area contributed by atoms with Crippen molar-refractivity contribution in [3.8, 4) is 16.9 Å². The number of ether oxygens (including phenoxy) is 3. The molecule has 1 aliphatic rings. The number of carbonyl (C=O) groups is 3. The molecule has 38 heavy (non-hydrogen) atoms. The van der Waals surface area contributed by atoms with Gasteiger partial charge in [-0.15, -0.1) is 0 Å². The molecule has 9 nitrogen and oxygen atoms in total. The molecule has 3 amide bonds. The van der Waals surface area contributed by atoms with Crippen LogP contribution in [0.2, 0.25) is 0 Å². The largest absolute Gasteiger partial charge is 0.468 e. The van der Waals surface area contributed by atoms with E-state index in [1.165, 1.54) is 4.90 Å². The van der Waals surface area contributed by atoms with Gasteiger partial charge < -0.3 is 24.8 Å². The Labute approximate surface area is 224 Å². The summed E-state index contributed by atoms with van der Waals surface area (Å²) in [7, 11) is 0. The van der Waals surface area contributed by atoms with Crippen molar-refractivity contribution in [2.24, 2.45) is 0 Å². The molecule has 9 heteroatoms. The van der Waals surface area contributed by atoms with Gasteiger partial charge in [-0.25, -0.2) is 9.59 Å². The van der Waals surface area contributed by atoms with E-state index in [1.54, 1.807) is 48.5 Å². The molecule has 0 bridgehead atoms. The van der Waals surface area contributed by atoms with Crippen LogP contribution in [0.15, 0.2) is 54.6 Å². The lowest BCUT2D eigenvalue weighted by Gasteiger charge is -2.36. The third kappa shape index (κ3) is 8.39. The Morgan fingerprint density at radius 2 is 1.47 bits per heavy atom. The molecule has 0 saturated carbocycles. The summed E-state index contributed by atoms with van der Waals surface area (Å²) in [4.78, 5) is 39.1. The first-order chi connectivity index (χ1) is 17.6. The van der Waals surface area contributed by atoms with Gasteiger partial charge in [0.25, 0.3) is 0 Å². The Hall–Kier alpha value is -3.75. The monoisotopic (exact) mass is 525 g/mol. The molecule has 2 N–H and O–H groups in total. The summed E-state index contributed by atoms with van der Waals surface area (Å²) in [5.41, 5.74) is -0.315. The molecule has 1 aliphatic heterocycles. The Bertz CT molecular complexity index is 1120. The Kier molecular flexibility index (Phi) is 8.59. The van der Waals surface area contributed by atoms with Crippen LogP contribution >= 0.6 is 0 Å². The van der Waals surface area contributed by atoms with Crippen molar-refractivity contribution in [1.82, 2.24) is 15.5 Å². The number of hydrogen-bond acceptors (Lipinski definition) is 6. The number of amides is 3. The molecule has 1 fully saturated rings. The van der Waals surface area contributed by atoms with E-state index in [1.807, 2.05) is 54.6 Å². The number of benzene rings is 2. The molecule has 2 aromatic rings. The molecule has 2 aromatic carbocycles. The molecule has 1 saturated heterocycles. The van der Waals surface area contributed by atoms with Crippen LogP contribution in [0.1, 0.15) is 54.9 Å². The first-order valence-electron chi connectivity index (χ1n) is 12.7. The lowest BCUT2D eigenvalue weighted by molar-refractivity contribution is -0.120. The van der Waals surface area contributed by atoms with Gasteiger partial charge in [0.05, 0.1) is 6.04 Å². The van der Waals surface area contributed by atoms with Crippen molar-refractivity contribution in [3.05, 3.63) is 54.6 Å². The minimum atomic E-state index is -1.08. The van der Waals surface area contributed by atoms with E-state index in [0.29, 0.717) is 12.2 Å². The van der Waals surface area contributed by atoms with Gasteiger partial charge in [-0.2, -0.15) is 0 Å². The fourth-order valence-electron chi connectivity index (χ4n) is 4.17. The molecule has 1 heterocycles. The molecule has 0 radical (unpaired) electrons. The van der Waals surface area contributed by atoms with Crippen molar-refractivity contribution < 1.29 is 28.6 Å². The van der Waals surface area contributed by atoms with Gasteiger partial charge in [0, 0.05) is 13.0 Å². The molecule has 2 atom stereocenters. The Balaban J connectivity index is 1.70. The van der Waals surface area contributed by atoms with E-state index in [-0.39, 0.29) is 13.1 Å². The van der Waals surface area contributed by atoms with Crippen molar-refractivity contribution >= 4 is 18.1 Å². The molecule has 3 rings (SSSR count). The fourth-order valence-corrected chi connectivity index (χ4v) is 4.17. The SMILES string of the molecule is CC(C)(C)OC(=O)NCC(=O)N[C@@H]1CN(C(=O)OC(C)(C)C)[C@](C)(Oc2ccc(-c3ccccc3)cc2)C1. The third-order valence-electron chi connectivity index (χ3n) is 5.67. The van der Waals surface area contributed by atoms with E-state index in [0.717, 1.165) is 11.1 Å². The van der Waals surface area contributed by atoms with Gasteiger partial charge in [-0.3, -0.25) is 9.69 Å². The third-order valence-corrected chi connectivity index (χ3v) is 5.67. The summed E-state index contributed by atoms with van der Waals surface area (Å²) in [5.74, 6) is 0.181. The molecule has 0 aliphatic carbocycles. The number of rotatable bonds is 6. The van der Waals surface area contributed by atoms with Gasteiger partial charge >= 0.3 is 12.2 Å². The van der Waals surface area contributed by atoms with E-state index >= 15 is 0 Å². The number of likely N-dealkylation sites (tertiary alicyclic amines) is 1. The summed E-state index contributed by atoms with van der Waals surface area (Å²) >= 11 is 0. The number of hydrogen-bond donors (Lipinski definition) is 2. The maximum absolute atomic E-state index is 13.1. The zero-order valence-electron chi connectivity index (χ0n) is 23.3. The van der Waals surface area contributed by atoms with Crippen molar-refractivity contribution in [1.29, 1.82) is 0 Å². The summed E-state index contributed by atoms with van der Waals surface area (Å²) in [6, 6.07) is 17.2. The lowest BCUT2D eigenvalue weighted by Crippen LogP contribution is -2.50. The smallest absolute Gasteiger partial charge is 0.413 e. The van der Waals surface area contributed by atoms with E-state index < -0.39 is 41.1 Å². The van der Waals surface area contributed by atoms with Gasteiger partial charge in [-0.1, -0.05) is 42.5 Å². The van der Waals surface area contributed by atoms with Gasteiger partial charge in [0.1, 0.15) is 23.5 Å². The predicted octanol–water partition coefficient (Wildman–Crippen LogP) is 5.10. The summed E-state index contributed by atoms with van der Waals surface area (Å²) in [5, 5.41) is 5.33. The zero-order chi connectivity index (χ0) is 28.1. The maximum atomic E-state index is 13.1. The first kappa shape index (κ1) is 28.8. The molecule has 206 valence electrons. The minimum Gasteiger partial charge on any atom is -0.468 e. The number of alkyl carbamates (subject to hydrolysis) is 1. The summed E-state index contributed by atoms with van der Waals surface area (Å²) in [6.45, 7) is 12.3.